The molecule has 2 atom stereocenters. The minimum atomic E-state index is -1.70. The molecule has 2 rings (SSSR count). The van der Waals surface area contributed by atoms with Gasteiger partial charge in [-0.1, -0.05) is 95.5 Å². The van der Waals surface area contributed by atoms with Crippen LogP contribution in [0.4, 0.5) is 4.79 Å². The molecule has 0 aliphatic rings. The normalized spacial score (nSPS) is 13.8. The van der Waals surface area contributed by atoms with E-state index in [1.807, 2.05) is 36.4 Å². The van der Waals surface area contributed by atoms with Crippen LogP contribution in [-0.4, -0.2) is 21.6 Å². The van der Waals surface area contributed by atoms with Gasteiger partial charge in [0.05, 0.1) is 6.04 Å². The van der Waals surface area contributed by atoms with Gasteiger partial charge in [-0.2, -0.15) is 0 Å². The number of alkyl halides is 3. The summed E-state index contributed by atoms with van der Waals surface area (Å²) in [7, 11) is 0. The second kappa shape index (κ2) is 8.58. The van der Waals surface area contributed by atoms with Gasteiger partial charge in [-0.15, -0.1) is 0 Å². The number of benzene rings is 2. The van der Waals surface area contributed by atoms with Crippen molar-refractivity contribution >= 4 is 40.9 Å². The molecule has 0 bridgehead atoms. The van der Waals surface area contributed by atoms with Crippen LogP contribution in [-0.2, 0) is 4.74 Å². The average Bonchev–Trinajstić information content (AvgIpc) is 2.58. The van der Waals surface area contributed by atoms with E-state index in [1.54, 1.807) is 24.3 Å². The summed E-state index contributed by atoms with van der Waals surface area (Å²) in [6, 6.07) is 17.4. The van der Waals surface area contributed by atoms with Crippen LogP contribution in [0, 0.1) is 0 Å². The number of carbonyl (C=O) groups is 1. The number of hydrogen-bond donors (Lipinski definition) is 2. The van der Waals surface area contributed by atoms with E-state index in [1.165, 1.54) is 0 Å². The maximum Gasteiger partial charge on any atom is 0.407 e. The standard InChI is InChI=1S/C17H16Cl3NO3/c18-17(19,20)11-24-16(23)21-14(12-7-3-1-4-8-12)15(22)13-9-5-2-6-10-13/h1-10,14-15,22H,11H2,(H,21,23)/t14-,15-/m1/s1. The third-order valence-electron chi connectivity index (χ3n) is 3.26. The largest absolute Gasteiger partial charge is 0.445 e. The first-order valence-corrected chi connectivity index (χ1v) is 8.28. The average molecular weight is 389 g/mol. The van der Waals surface area contributed by atoms with E-state index in [4.69, 9.17) is 39.5 Å². The number of aliphatic hydroxyl groups excluding tert-OH is 1. The lowest BCUT2D eigenvalue weighted by Gasteiger charge is -2.25. The summed E-state index contributed by atoms with van der Waals surface area (Å²) in [5.74, 6) is 0. The number of halogens is 3. The molecule has 0 saturated carbocycles. The molecule has 0 aliphatic heterocycles. The lowest BCUT2D eigenvalue weighted by molar-refractivity contribution is 0.106. The van der Waals surface area contributed by atoms with E-state index >= 15 is 0 Å². The zero-order chi connectivity index (χ0) is 17.6. The number of aliphatic hydroxyl groups is 1. The predicted molar refractivity (Wildman–Crippen MR) is 95.4 cm³/mol. The van der Waals surface area contributed by atoms with Crippen LogP contribution in [0.3, 0.4) is 0 Å². The Hall–Kier alpha value is -1.46. The molecule has 0 aliphatic carbocycles. The summed E-state index contributed by atoms with van der Waals surface area (Å²) < 4.78 is 3.19. The smallest absolute Gasteiger partial charge is 0.407 e. The van der Waals surface area contributed by atoms with Crippen molar-refractivity contribution < 1.29 is 14.6 Å². The molecule has 0 saturated heterocycles. The number of amides is 1. The van der Waals surface area contributed by atoms with Crippen molar-refractivity contribution in [2.75, 3.05) is 6.61 Å². The van der Waals surface area contributed by atoms with E-state index in [0.717, 1.165) is 5.56 Å². The first-order chi connectivity index (χ1) is 11.4. The van der Waals surface area contributed by atoms with E-state index in [0.29, 0.717) is 5.56 Å². The molecule has 4 nitrogen and oxygen atoms in total. The van der Waals surface area contributed by atoms with Gasteiger partial charge < -0.3 is 15.2 Å². The fourth-order valence-electron chi connectivity index (χ4n) is 2.16. The van der Waals surface area contributed by atoms with Gasteiger partial charge in [-0.3, -0.25) is 0 Å². The predicted octanol–water partition coefficient (Wildman–Crippen LogP) is 4.56. The fraction of sp³-hybridized carbons (Fsp3) is 0.235. The van der Waals surface area contributed by atoms with E-state index < -0.39 is 28.6 Å². The van der Waals surface area contributed by atoms with Crippen LogP contribution in [0.25, 0.3) is 0 Å². The molecule has 24 heavy (non-hydrogen) atoms. The summed E-state index contributed by atoms with van der Waals surface area (Å²) in [5, 5.41) is 13.3. The molecule has 0 radical (unpaired) electrons. The van der Waals surface area contributed by atoms with Gasteiger partial charge in [0.1, 0.15) is 12.7 Å². The van der Waals surface area contributed by atoms with Gasteiger partial charge >= 0.3 is 6.09 Å². The highest BCUT2D eigenvalue weighted by atomic mass is 35.6. The topological polar surface area (TPSA) is 58.6 Å². The van der Waals surface area contributed by atoms with Gasteiger partial charge in [-0.25, -0.2) is 4.79 Å². The lowest BCUT2D eigenvalue weighted by Crippen LogP contribution is -2.34. The number of ether oxygens (including phenoxy) is 1. The van der Waals surface area contributed by atoms with Crippen molar-refractivity contribution in [1.29, 1.82) is 0 Å². The van der Waals surface area contributed by atoms with Crippen molar-refractivity contribution in [3.05, 3.63) is 71.8 Å². The van der Waals surface area contributed by atoms with Crippen LogP contribution in [0.2, 0.25) is 0 Å². The molecular formula is C17H16Cl3NO3. The quantitative estimate of drug-likeness (QED) is 0.738. The lowest BCUT2D eigenvalue weighted by atomic mass is 9.96. The molecule has 0 aromatic heterocycles. The zero-order valence-corrected chi connectivity index (χ0v) is 14.8. The van der Waals surface area contributed by atoms with Gasteiger partial charge in [0.2, 0.25) is 3.79 Å². The number of nitrogens with one attached hydrogen (secondary N) is 1. The Morgan fingerprint density at radius 3 is 2.00 bits per heavy atom. The SMILES string of the molecule is O=C(N[C@H](c1ccccc1)[C@H](O)c1ccccc1)OCC(Cl)(Cl)Cl. The van der Waals surface area contributed by atoms with Crippen LogP contribution in [0.15, 0.2) is 60.7 Å². The second-order valence-electron chi connectivity index (χ2n) is 5.08. The van der Waals surface area contributed by atoms with Crippen LogP contribution in [0.1, 0.15) is 23.3 Å². The Morgan fingerprint density at radius 2 is 1.50 bits per heavy atom. The number of carbonyl (C=O) groups excluding carboxylic acids is 1. The van der Waals surface area contributed by atoms with Gasteiger partial charge in [-0.05, 0) is 11.1 Å². The number of alkyl carbamates (subject to hydrolysis) is 1. The Labute approximate surface area is 155 Å². The number of rotatable bonds is 5. The Bertz CT molecular complexity index is 647. The highest BCUT2D eigenvalue weighted by Crippen LogP contribution is 2.29. The second-order valence-corrected chi connectivity index (χ2v) is 7.60. The molecule has 0 unspecified atom stereocenters. The summed E-state index contributed by atoms with van der Waals surface area (Å²) in [4.78, 5) is 12.0. The monoisotopic (exact) mass is 387 g/mol. The minimum Gasteiger partial charge on any atom is -0.445 e. The van der Waals surface area contributed by atoms with Crippen molar-refractivity contribution in [2.45, 2.75) is 15.9 Å². The van der Waals surface area contributed by atoms with Crippen molar-refractivity contribution in [3.8, 4) is 0 Å². The molecule has 1 amide bonds. The maximum atomic E-state index is 12.0. The molecule has 128 valence electrons. The molecule has 0 spiro atoms. The first-order valence-electron chi connectivity index (χ1n) is 7.15. The molecule has 2 aromatic carbocycles. The number of hydrogen-bond acceptors (Lipinski definition) is 3. The Balaban J connectivity index is 2.16. The van der Waals surface area contributed by atoms with Crippen molar-refractivity contribution in [1.82, 2.24) is 5.32 Å². The Morgan fingerprint density at radius 1 is 1.00 bits per heavy atom. The van der Waals surface area contributed by atoms with E-state index in [2.05, 4.69) is 5.32 Å². The highest BCUT2D eigenvalue weighted by molar-refractivity contribution is 6.67. The minimum absolute atomic E-state index is 0.396. The van der Waals surface area contributed by atoms with Gasteiger partial charge in [0, 0.05) is 0 Å². The first kappa shape index (κ1) is 18.9. The summed E-state index contributed by atoms with van der Waals surface area (Å²) >= 11 is 16.7. The Kier molecular flexibility index (Phi) is 6.75. The summed E-state index contributed by atoms with van der Waals surface area (Å²) in [5.41, 5.74) is 1.38. The molecule has 0 heterocycles. The van der Waals surface area contributed by atoms with Crippen molar-refractivity contribution in [2.24, 2.45) is 0 Å². The third kappa shape index (κ3) is 5.87. The van der Waals surface area contributed by atoms with Crippen LogP contribution < -0.4 is 5.32 Å². The van der Waals surface area contributed by atoms with Crippen LogP contribution in [0.5, 0.6) is 0 Å². The maximum absolute atomic E-state index is 12.0. The van der Waals surface area contributed by atoms with E-state index in [9.17, 15) is 9.90 Å². The fourth-order valence-corrected chi connectivity index (χ4v) is 2.33. The molecule has 2 N–H and O–H groups in total. The van der Waals surface area contributed by atoms with E-state index in [-0.39, 0.29) is 0 Å². The highest BCUT2D eigenvalue weighted by Gasteiger charge is 2.27. The molecule has 7 heteroatoms. The van der Waals surface area contributed by atoms with Gasteiger partial charge in [0.15, 0.2) is 0 Å². The molecule has 0 fully saturated rings. The third-order valence-corrected chi connectivity index (χ3v) is 3.58. The molecule has 2 aromatic rings. The van der Waals surface area contributed by atoms with Crippen LogP contribution >= 0.6 is 34.8 Å². The summed E-state index contributed by atoms with van der Waals surface area (Å²) in [6.45, 7) is -0.396. The van der Waals surface area contributed by atoms with Gasteiger partial charge in [0.25, 0.3) is 0 Å². The summed E-state index contributed by atoms with van der Waals surface area (Å²) in [6.07, 6.45) is -1.75. The molecular weight excluding hydrogens is 373 g/mol. The zero-order valence-electron chi connectivity index (χ0n) is 12.5. The van der Waals surface area contributed by atoms with Crippen molar-refractivity contribution in [3.63, 3.8) is 0 Å².